The van der Waals surface area contributed by atoms with Gasteiger partial charge in [-0.05, 0) is 17.1 Å². The lowest BCUT2D eigenvalue weighted by Gasteiger charge is -2.29. The second-order valence-corrected chi connectivity index (χ2v) is 11.3. The average Bonchev–Trinajstić information content (AvgIpc) is 2.27. The van der Waals surface area contributed by atoms with E-state index < -0.39 is 7.38 Å². The number of phenols is 1. The molecule has 0 bridgehead atoms. The van der Waals surface area contributed by atoms with Gasteiger partial charge in [-0.1, -0.05) is 57.7 Å². The lowest BCUT2D eigenvalue weighted by atomic mass is 10.2. The first-order chi connectivity index (χ1) is 7.88. The molecule has 0 aromatic heterocycles. The predicted octanol–water partition coefficient (Wildman–Crippen LogP) is 4.95. The molecule has 0 radical (unpaired) electrons. The summed E-state index contributed by atoms with van der Waals surface area (Å²) in [6, 6.07) is 7.34. The van der Waals surface area contributed by atoms with Gasteiger partial charge in [0.1, 0.15) is 5.75 Å². The largest absolute Gasteiger partial charge is 0.507 e. The third kappa shape index (κ3) is 3.36. The Labute approximate surface area is 110 Å². The molecule has 0 fully saturated rings. The van der Waals surface area contributed by atoms with Crippen molar-refractivity contribution < 1.29 is 5.11 Å². The molecule has 0 aliphatic heterocycles. The summed E-state index contributed by atoms with van der Waals surface area (Å²) in [6.45, 7) is 8.70. The first kappa shape index (κ1) is 14.3. The predicted molar refractivity (Wildman–Crippen MR) is 78.9 cm³/mol. The number of para-hydroxylation sites is 1. The molecule has 1 rings (SSSR count). The van der Waals surface area contributed by atoms with Crippen LogP contribution >= 0.6 is 11.1 Å². The molecular weight excluding hydrogens is 248 g/mol. The molecule has 1 aromatic rings. The van der Waals surface area contributed by atoms with Crippen LogP contribution in [0.2, 0.25) is 11.1 Å². The minimum absolute atomic E-state index is 0.310. The fraction of sp³-hybridized carbons (Fsp3) is 0.429. The van der Waals surface area contributed by atoms with Crippen molar-refractivity contribution in [2.24, 2.45) is 0 Å². The second kappa shape index (κ2) is 5.74. The number of hydrogen-bond acceptors (Lipinski definition) is 1. The number of halogens is 1. The Morgan fingerprint density at radius 2 is 1.65 bits per heavy atom. The van der Waals surface area contributed by atoms with Gasteiger partial charge in [0, 0.05) is 5.56 Å². The first-order valence-electron chi connectivity index (χ1n) is 6.04. The standard InChI is InChI=1S/C14H21ClOSi/c1-11(2)17(15,12(3)4)10-9-13-7-5-6-8-14(13)16/h5-12,16H,1-4H3. The Kier molecular flexibility index (Phi) is 4.84. The van der Waals surface area contributed by atoms with Crippen LogP contribution in [0.25, 0.3) is 6.08 Å². The zero-order valence-electron chi connectivity index (χ0n) is 10.9. The van der Waals surface area contributed by atoms with Crippen LogP contribution < -0.4 is 0 Å². The van der Waals surface area contributed by atoms with Crippen molar-refractivity contribution in [2.45, 2.75) is 38.8 Å². The summed E-state index contributed by atoms with van der Waals surface area (Å²) < 4.78 is 0. The molecule has 0 spiro atoms. The van der Waals surface area contributed by atoms with E-state index in [9.17, 15) is 5.11 Å². The highest BCUT2D eigenvalue weighted by molar-refractivity contribution is 7.24. The maximum atomic E-state index is 9.71. The summed E-state index contributed by atoms with van der Waals surface area (Å²) in [6.07, 6.45) is 1.97. The quantitative estimate of drug-likeness (QED) is 0.605. The maximum Gasteiger partial charge on any atom is 0.184 e. The molecule has 0 atom stereocenters. The van der Waals surface area contributed by atoms with Crippen LogP contribution in [-0.2, 0) is 0 Å². The smallest absolute Gasteiger partial charge is 0.184 e. The molecule has 0 amide bonds. The van der Waals surface area contributed by atoms with E-state index in [1.54, 1.807) is 6.07 Å². The van der Waals surface area contributed by atoms with Crippen molar-refractivity contribution in [3.8, 4) is 5.75 Å². The summed E-state index contributed by atoms with van der Waals surface area (Å²) in [5, 5.41) is 9.71. The maximum absolute atomic E-state index is 9.71. The Balaban J connectivity index is 3.00. The Bertz CT molecular complexity index is 391. The highest BCUT2D eigenvalue weighted by Gasteiger charge is 2.35. The van der Waals surface area contributed by atoms with Crippen molar-refractivity contribution in [1.29, 1.82) is 0 Å². The lowest BCUT2D eigenvalue weighted by Crippen LogP contribution is -2.32. The number of aromatic hydroxyl groups is 1. The second-order valence-electron chi connectivity index (χ2n) is 5.03. The molecule has 3 heteroatoms. The highest BCUT2D eigenvalue weighted by atomic mass is 35.6. The Morgan fingerprint density at radius 1 is 1.12 bits per heavy atom. The van der Waals surface area contributed by atoms with Crippen LogP contribution in [0.4, 0.5) is 0 Å². The molecule has 17 heavy (non-hydrogen) atoms. The van der Waals surface area contributed by atoms with E-state index in [1.807, 2.05) is 24.3 Å². The summed E-state index contributed by atoms with van der Waals surface area (Å²) in [4.78, 5) is 0. The molecule has 0 saturated heterocycles. The van der Waals surface area contributed by atoms with Gasteiger partial charge >= 0.3 is 0 Å². The van der Waals surface area contributed by atoms with Gasteiger partial charge in [0.15, 0.2) is 7.38 Å². The summed E-state index contributed by atoms with van der Waals surface area (Å²) in [5.74, 6) is 0.310. The van der Waals surface area contributed by atoms with Gasteiger partial charge in [-0.15, -0.1) is 0 Å². The lowest BCUT2D eigenvalue weighted by molar-refractivity contribution is 0.474. The van der Waals surface area contributed by atoms with Crippen molar-refractivity contribution >= 4 is 24.5 Å². The molecule has 0 saturated carbocycles. The number of benzene rings is 1. The van der Waals surface area contributed by atoms with Crippen molar-refractivity contribution in [3.05, 3.63) is 35.5 Å². The van der Waals surface area contributed by atoms with Crippen LogP contribution in [0.1, 0.15) is 33.3 Å². The van der Waals surface area contributed by atoms with E-state index in [2.05, 4.69) is 33.4 Å². The van der Waals surface area contributed by atoms with Crippen LogP contribution in [-0.4, -0.2) is 12.5 Å². The van der Waals surface area contributed by atoms with Gasteiger partial charge in [-0.2, -0.15) is 11.1 Å². The minimum Gasteiger partial charge on any atom is -0.507 e. The first-order valence-corrected chi connectivity index (χ1v) is 9.28. The zero-order valence-corrected chi connectivity index (χ0v) is 12.7. The van der Waals surface area contributed by atoms with Crippen LogP contribution in [0, 0.1) is 0 Å². The van der Waals surface area contributed by atoms with Crippen LogP contribution in [0.3, 0.4) is 0 Å². The third-order valence-corrected chi connectivity index (χ3v) is 10.4. The minimum atomic E-state index is -1.93. The molecule has 0 unspecified atom stereocenters. The van der Waals surface area contributed by atoms with Crippen molar-refractivity contribution in [3.63, 3.8) is 0 Å². The van der Waals surface area contributed by atoms with Crippen molar-refractivity contribution in [1.82, 2.24) is 0 Å². The van der Waals surface area contributed by atoms with Gasteiger partial charge in [0.05, 0.1) is 0 Å². The van der Waals surface area contributed by atoms with E-state index in [-0.39, 0.29) is 0 Å². The van der Waals surface area contributed by atoms with E-state index in [4.69, 9.17) is 11.1 Å². The fourth-order valence-corrected chi connectivity index (χ4v) is 4.62. The van der Waals surface area contributed by atoms with E-state index >= 15 is 0 Å². The van der Waals surface area contributed by atoms with Crippen LogP contribution in [0.15, 0.2) is 30.0 Å². The Morgan fingerprint density at radius 3 is 2.12 bits per heavy atom. The molecule has 0 aliphatic carbocycles. The molecule has 94 valence electrons. The molecule has 1 aromatic carbocycles. The van der Waals surface area contributed by atoms with Gasteiger partial charge in [-0.3, -0.25) is 0 Å². The van der Waals surface area contributed by atoms with Crippen molar-refractivity contribution in [2.75, 3.05) is 0 Å². The summed E-state index contributed by atoms with van der Waals surface area (Å²) in [7, 11) is -1.93. The topological polar surface area (TPSA) is 20.2 Å². The molecule has 0 aliphatic rings. The average molecular weight is 269 g/mol. The number of rotatable bonds is 4. The van der Waals surface area contributed by atoms with E-state index in [0.29, 0.717) is 16.8 Å². The van der Waals surface area contributed by atoms with Gasteiger partial charge < -0.3 is 5.11 Å². The van der Waals surface area contributed by atoms with E-state index in [1.165, 1.54) is 0 Å². The summed E-state index contributed by atoms with van der Waals surface area (Å²) >= 11 is 6.78. The Hall–Kier alpha value is -0.733. The van der Waals surface area contributed by atoms with Gasteiger partial charge in [0.2, 0.25) is 0 Å². The summed E-state index contributed by atoms with van der Waals surface area (Å²) in [5.41, 5.74) is 3.93. The number of hydrogen-bond donors (Lipinski definition) is 1. The zero-order chi connectivity index (χ0) is 13.1. The van der Waals surface area contributed by atoms with E-state index in [0.717, 1.165) is 5.56 Å². The monoisotopic (exact) mass is 268 g/mol. The molecular formula is C14H21ClOSi. The highest BCUT2D eigenvalue weighted by Crippen LogP contribution is 2.37. The molecule has 0 heterocycles. The SMILES string of the molecule is CC(C)[Si](Cl)(C=Cc1ccccc1O)C(C)C. The molecule has 1 N–H and O–H groups in total. The van der Waals surface area contributed by atoms with Crippen LogP contribution in [0.5, 0.6) is 5.75 Å². The molecule has 1 nitrogen and oxygen atoms in total. The third-order valence-electron chi connectivity index (χ3n) is 3.22. The normalized spacial score (nSPS) is 12.9. The number of phenolic OH excluding ortho intramolecular Hbond substituents is 1. The van der Waals surface area contributed by atoms with Gasteiger partial charge in [0.25, 0.3) is 0 Å². The van der Waals surface area contributed by atoms with Gasteiger partial charge in [-0.25, -0.2) is 0 Å². The fourth-order valence-electron chi connectivity index (χ4n) is 1.90.